The van der Waals surface area contributed by atoms with E-state index in [4.69, 9.17) is 0 Å². The molecule has 0 amide bonds. The third-order valence-corrected chi connectivity index (χ3v) is 5.65. The number of aromatic nitrogens is 1. The topological polar surface area (TPSA) is 47.0 Å². The minimum Gasteiger partial charge on any atom is -0.293 e. The van der Waals surface area contributed by atoms with E-state index in [1.807, 2.05) is 48.5 Å². The zero-order chi connectivity index (χ0) is 17.8. The molecule has 1 aliphatic rings. The summed E-state index contributed by atoms with van der Waals surface area (Å²) in [5.74, 6) is -1.26. The zero-order valence-corrected chi connectivity index (χ0v) is 15.2. The SMILES string of the molecule is O=C1c2cccc3c(Br)ccc(c23)C(=O)[C@H]1c1ccc2ccccc2n1. The van der Waals surface area contributed by atoms with Crippen molar-refractivity contribution in [1.82, 2.24) is 4.98 Å². The summed E-state index contributed by atoms with van der Waals surface area (Å²) in [5, 5.41) is 2.60. The van der Waals surface area contributed by atoms with Crippen LogP contribution in [0.3, 0.4) is 0 Å². The third kappa shape index (κ3) is 2.09. The van der Waals surface area contributed by atoms with E-state index in [-0.39, 0.29) is 11.6 Å². The number of rotatable bonds is 1. The van der Waals surface area contributed by atoms with Gasteiger partial charge in [0.1, 0.15) is 5.92 Å². The minimum atomic E-state index is -0.890. The van der Waals surface area contributed by atoms with Gasteiger partial charge in [0.05, 0.1) is 11.2 Å². The predicted octanol–water partition coefficient (Wildman–Crippen LogP) is 5.31. The van der Waals surface area contributed by atoms with E-state index in [2.05, 4.69) is 20.9 Å². The Morgan fingerprint density at radius 1 is 0.769 bits per heavy atom. The van der Waals surface area contributed by atoms with Crippen LogP contribution >= 0.6 is 15.9 Å². The summed E-state index contributed by atoms with van der Waals surface area (Å²) in [6.07, 6.45) is 0. The van der Waals surface area contributed by atoms with Crippen LogP contribution in [0.5, 0.6) is 0 Å². The Hall–Kier alpha value is -2.85. The van der Waals surface area contributed by atoms with Gasteiger partial charge in [-0.05, 0) is 29.7 Å². The number of pyridine rings is 1. The number of benzene rings is 3. The molecule has 3 nitrogen and oxygen atoms in total. The summed E-state index contributed by atoms with van der Waals surface area (Å²) < 4.78 is 0.876. The number of hydrogen-bond donors (Lipinski definition) is 0. The molecule has 0 radical (unpaired) electrons. The average molecular weight is 402 g/mol. The molecule has 1 heterocycles. The summed E-state index contributed by atoms with van der Waals surface area (Å²) in [7, 11) is 0. The van der Waals surface area contributed by atoms with Gasteiger partial charge in [0, 0.05) is 26.4 Å². The molecule has 4 heteroatoms. The molecule has 124 valence electrons. The fourth-order valence-corrected chi connectivity index (χ4v) is 4.19. The first-order valence-corrected chi connectivity index (χ1v) is 9.10. The Morgan fingerprint density at radius 2 is 1.54 bits per heavy atom. The van der Waals surface area contributed by atoms with Gasteiger partial charge in [-0.25, -0.2) is 0 Å². The van der Waals surface area contributed by atoms with Crippen LogP contribution in [-0.4, -0.2) is 16.6 Å². The minimum absolute atomic E-state index is 0.186. The molecule has 0 unspecified atom stereocenters. The molecule has 1 aliphatic carbocycles. The number of carbonyl (C=O) groups excluding carboxylic acids is 2. The first kappa shape index (κ1) is 15.4. The number of nitrogens with zero attached hydrogens (tertiary/aromatic N) is 1. The molecule has 3 aromatic carbocycles. The Balaban J connectivity index is 1.75. The second-order valence-corrected chi connectivity index (χ2v) is 7.27. The van der Waals surface area contributed by atoms with Crippen molar-refractivity contribution >= 4 is 49.2 Å². The lowest BCUT2D eigenvalue weighted by molar-refractivity contribution is 0.0854. The number of halogens is 1. The molecule has 5 rings (SSSR count). The number of fused-ring (bicyclic) bond motifs is 1. The molecule has 4 aromatic rings. The molecular weight excluding hydrogens is 390 g/mol. The van der Waals surface area contributed by atoms with Crippen LogP contribution in [0.2, 0.25) is 0 Å². The molecule has 0 saturated carbocycles. The first-order valence-electron chi connectivity index (χ1n) is 8.30. The van der Waals surface area contributed by atoms with Crippen molar-refractivity contribution in [1.29, 1.82) is 0 Å². The van der Waals surface area contributed by atoms with Crippen LogP contribution in [0, 0.1) is 0 Å². The highest BCUT2D eigenvalue weighted by molar-refractivity contribution is 9.10. The van der Waals surface area contributed by atoms with Gasteiger partial charge in [0.25, 0.3) is 0 Å². The van der Waals surface area contributed by atoms with Crippen molar-refractivity contribution in [2.24, 2.45) is 0 Å². The van der Waals surface area contributed by atoms with E-state index in [1.54, 1.807) is 18.2 Å². The lowest BCUT2D eigenvalue weighted by Gasteiger charge is -2.23. The maximum absolute atomic E-state index is 13.2. The molecule has 0 N–H and O–H groups in total. The molecule has 26 heavy (non-hydrogen) atoms. The van der Waals surface area contributed by atoms with Gasteiger partial charge in [-0.1, -0.05) is 58.4 Å². The van der Waals surface area contributed by atoms with Crippen molar-refractivity contribution in [3.8, 4) is 0 Å². The largest absolute Gasteiger partial charge is 0.293 e. The normalized spacial score (nSPS) is 16.4. The first-order chi connectivity index (χ1) is 12.6. The molecule has 0 fully saturated rings. The van der Waals surface area contributed by atoms with Gasteiger partial charge >= 0.3 is 0 Å². The van der Waals surface area contributed by atoms with Crippen molar-refractivity contribution < 1.29 is 9.59 Å². The lowest BCUT2D eigenvalue weighted by Crippen LogP contribution is -2.28. The second-order valence-electron chi connectivity index (χ2n) is 6.41. The summed E-state index contributed by atoms with van der Waals surface area (Å²) in [6, 6.07) is 20.6. The van der Waals surface area contributed by atoms with E-state index < -0.39 is 5.92 Å². The molecule has 0 saturated heterocycles. The molecule has 0 aliphatic heterocycles. The van der Waals surface area contributed by atoms with Gasteiger partial charge in [-0.15, -0.1) is 0 Å². The molecular formula is C22H12BrNO2. The molecule has 1 atom stereocenters. The molecule has 0 spiro atoms. The van der Waals surface area contributed by atoms with Gasteiger partial charge in [-0.2, -0.15) is 0 Å². The lowest BCUT2D eigenvalue weighted by atomic mass is 9.78. The Kier molecular flexibility index (Phi) is 3.31. The third-order valence-electron chi connectivity index (χ3n) is 4.96. The van der Waals surface area contributed by atoms with E-state index in [0.29, 0.717) is 16.8 Å². The van der Waals surface area contributed by atoms with E-state index in [0.717, 1.165) is 26.1 Å². The Bertz CT molecular complexity index is 1220. The zero-order valence-electron chi connectivity index (χ0n) is 13.6. The highest BCUT2D eigenvalue weighted by Crippen LogP contribution is 2.39. The van der Waals surface area contributed by atoms with Crippen molar-refractivity contribution in [2.45, 2.75) is 5.92 Å². The van der Waals surface area contributed by atoms with Gasteiger partial charge in [-0.3, -0.25) is 14.6 Å². The molecule has 1 aromatic heterocycles. The van der Waals surface area contributed by atoms with Crippen LogP contribution in [0.1, 0.15) is 32.3 Å². The summed E-state index contributed by atoms with van der Waals surface area (Å²) in [5.41, 5.74) is 2.45. The highest BCUT2D eigenvalue weighted by Gasteiger charge is 2.38. The van der Waals surface area contributed by atoms with Crippen molar-refractivity contribution in [3.63, 3.8) is 0 Å². The number of carbonyl (C=O) groups is 2. The van der Waals surface area contributed by atoms with Crippen molar-refractivity contribution in [3.05, 3.63) is 88.0 Å². The standard InChI is InChI=1S/C22H12BrNO2/c23-16-10-9-15-19-13(16)5-3-6-14(19)21(25)20(22(15)26)18-11-8-12-4-1-2-7-17(12)24-18/h1-11,20H/t20-/m0/s1. The maximum Gasteiger partial charge on any atom is 0.180 e. The fourth-order valence-electron chi connectivity index (χ4n) is 3.72. The van der Waals surface area contributed by atoms with Crippen LogP contribution in [0.25, 0.3) is 21.7 Å². The van der Waals surface area contributed by atoms with Gasteiger partial charge < -0.3 is 0 Å². The summed E-state index contributed by atoms with van der Waals surface area (Å²) in [4.78, 5) is 31.0. The number of Topliss-reactive ketones (excluding diaryl/α,β-unsaturated/α-hetero) is 2. The van der Waals surface area contributed by atoms with Crippen LogP contribution in [-0.2, 0) is 0 Å². The van der Waals surface area contributed by atoms with E-state index in [1.165, 1.54) is 0 Å². The maximum atomic E-state index is 13.2. The van der Waals surface area contributed by atoms with Crippen LogP contribution in [0.4, 0.5) is 0 Å². The quantitative estimate of drug-likeness (QED) is 0.405. The Labute approximate surface area is 157 Å². The van der Waals surface area contributed by atoms with Crippen LogP contribution in [0.15, 0.2) is 71.2 Å². The van der Waals surface area contributed by atoms with Gasteiger partial charge in [0.15, 0.2) is 11.6 Å². The highest BCUT2D eigenvalue weighted by atomic mass is 79.9. The predicted molar refractivity (Wildman–Crippen MR) is 105 cm³/mol. The van der Waals surface area contributed by atoms with Gasteiger partial charge in [0.2, 0.25) is 0 Å². The average Bonchev–Trinajstić information content (AvgIpc) is 2.67. The monoisotopic (exact) mass is 401 g/mol. The number of hydrogen-bond acceptors (Lipinski definition) is 3. The molecule has 0 bridgehead atoms. The fraction of sp³-hybridized carbons (Fsp3) is 0.0455. The van der Waals surface area contributed by atoms with Crippen LogP contribution < -0.4 is 0 Å². The Morgan fingerprint density at radius 3 is 2.38 bits per heavy atom. The second kappa shape index (κ2) is 5.58. The number of para-hydroxylation sites is 1. The smallest absolute Gasteiger partial charge is 0.180 e. The van der Waals surface area contributed by atoms with E-state index >= 15 is 0 Å². The number of ketones is 2. The summed E-state index contributed by atoms with van der Waals surface area (Å²) >= 11 is 3.51. The van der Waals surface area contributed by atoms with E-state index in [9.17, 15) is 9.59 Å². The summed E-state index contributed by atoms with van der Waals surface area (Å²) in [6.45, 7) is 0. The van der Waals surface area contributed by atoms with Crippen molar-refractivity contribution in [2.75, 3.05) is 0 Å².